The van der Waals surface area contributed by atoms with Crippen LogP contribution >= 0.6 is 0 Å². The molecule has 0 aromatic carbocycles. The molecule has 0 bridgehead atoms. The zero-order valence-corrected chi connectivity index (χ0v) is 11.8. The Morgan fingerprint density at radius 3 is 2.37 bits per heavy atom. The Bertz CT molecular complexity index is 416. The fourth-order valence-electron chi connectivity index (χ4n) is 1.83. The topological polar surface area (TPSA) is 53.5 Å². The third-order valence-corrected chi connectivity index (χ3v) is 2.98. The molecule has 1 aromatic heterocycles. The van der Waals surface area contributed by atoms with Gasteiger partial charge in [0.15, 0.2) is 0 Å². The van der Waals surface area contributed by atoms with E-state index in [1.165, 1.54) is 11.8 Å². The van der Waals surface area contributed by atoms with Crippen molar-refractivity contribution in [2.45, 2.75) is 27.3 Å². The van der Waals surface area contributed by atoms with E-state index in [9.17, 15) is 9.59 Å². The lowest BCUT2D eigenvalue weighted by molar-refractivity contribution is -0.139. The van der Waals surface area contributed by atoms with Gasteiger partial charge in [0, 0.05) is 39.0 Å². The minimum absolute atomic E-state index is 0.0240. The van der Waals surface area contributed by atoms with E-state index in [2.05, 4.69) is 4.98 Å². The van der Waals surface area contributed by atoms with Crippen LogP contribution in [0.5, 0.6) is 0 Å². The lowest BCUT2D eigenvalue weighted by Gasteiger charge is -2.25. The van der Waals surface area contributed by atoms with Crippen LogP contribution in [0.3, 0.4) is 0 Å². The first-order valence-corrected chi connectivity index (χ1v) is 6.50. The van der Waals surface area contributed by atoms with E-state index in [0.717, 1.165) is 5.56 Å². The molecule has 0 aliphatic heterocycles. The van der Waals surface area contributed by atoms with Crippen LogP contribution < -0.4 is 0 Å². The maximum atomic E-state index is 12.0. The van der Waals surface area contributed by atoms with Crippen molar-refractivity contribution in [1.29, 1.82) is 0 Å². The van der Waals surface area contributed by atoms with Crippen LogP contribution in [0.15, 0.2) is 24.5 Å². The van der Waals surface area contributed by atoms with Crippen molar-refractivity contribution in [2.75, 3.05) is 19.6 Å². The Hall–Kier alpha value is -1.91. The number of likely N-dealkylation sites (N-methyl/N-ethyl adjacent to an activating group) is 1. The van der Waals surface area contributed by atoms with Gasteiger partial charge in [-0.15, -0.1) is 0 Å². The number of carbonyl (C=O) groups is 2. The number of amides is 2. The highest BCUT2D eigenvalue weighted by Crippen LogP contribution is 2.04. The molecule has 0 aliphatic rings. The molecule has 1 rings (SSSR count). The first kappa shape index (κ1) is 15.1. The second kappa shape index (κ2) is 7.51. The summed E-state index contributed by atoms with van der Waals surface area (Å²) in [5.41, 5.74) is 0.921. The zero-order valence-electron chi connectivity index (χ0n) is 11.8. The summed E-state index contributed by atoms with van der Waals surface area (Å²) in [5, 5.41) is 0. The van der Waals surface area contributed by atoms with E-state index in [1.54, 1.807) is 17.3 Å². The van der Waals surface area contributed by atoms with Gasteiger partial charge >= 0.3 is 0 Å². The van der Waals surface area contributed by atoms with Crippen molar-refractivity contribution in [1.82, 2.24) is 14.8 Å². The molecule has 0 unspecified atom stereocenters. The lowest BCUT2D eigenvalue weighted by atomic mass is 10.2. The minimum Gasteiger partial charge on any atom is -0.342 e. The summed E-state index contributed by atoms with van der Waals surface area (Å²) in [4.78, 5) is 30.9. The molecule has 1 aromatic rings. The Morgan fingerprint density at radius 1 is 1.21 bits per heavy atom. The molecule has 104 valence electrons. The van der Waals surface area contributed by atoms with Crippen molar-refractivity contribution in [2.24, 2.45) is 0 Å². The zero-order chi connectivity index (χ0) is 14.3. The summed E-state index contributed by atoms with van der Waals surface area (Å²) in [7, 11) is 0. The van der Waals surface area contributed by atoms with E-state index in [0.29, 0.717) is 19.6 Å². The van der Waals surface area contributed by atoms with Crippen LogP contribution in [-0.2, 0) is 16.1 Å². The summed E-state index contributed by atoms with van der Waals surface area (Å²) in [5.74, 6) is -0.131. The quantitative estimate of drug-likeness (QED) is 0.777. The monoisotopic (exact) mass is 263 g/mol. The maximum absolute atomic E-state index is 12.0. The molecule has 0 N–H and O–H groups in total. The molecule has 5 heteroatoms. The number of aromatic nitrogens is 1. The van der Waals surface area contributed by atoms with E-state index in [4.69, 9.17) is 0 Å². The predicted octanol–water partition coefficient (Wildman–Crippen LogP) is 1.30. The van der Waals surface area contributed by atoms with Gasteiger partial charge in [-0.2, -0.15) is 0 Å². The predicted molar refractivity (Wildman–Crippen MR) is 73.3 cm³/mol. The molecule has 19 heavy (non-hydrogen) atoms. The molecular formula is C14H21N3O2. The van der Waals surface area contributed by atoms with Gasteiger partial charge in [-0.25, -0.2) is 0 Å². The number of pyridine rings is 1. The molecule has 0 saturated carbocycles. The van der Waals surface area contributed by atoms with E-state index in [-0.39, 0.29) is 18.4 Å². The molecule has 0 fully saturated rings. The minimum atomic E-state index is -0.107. The molecule has 1 heterocycles. The molecule has 0 atom stereocenters. The van der Waals surface area contributed by atoms with E-state index in [1.807, 2.05) is 26.0 Å². The molecule has 0 aliphatic carbocycles. The third kappa shape index (κ3) is 4.69. The van der Waals surface area contributed by atoms with Crippen molar-refractivity contribution >= 4 is 11.8 Å². The number of rotatable bonds is 6. The van der Waals surface area contributed by atoms with Gasteiger partial charge in [0.2, 0.25) is 11.8 Å². The smallest absolute Gasteiger partial charge is 0.242 e. The highest BCUT2D eigenvalue weighted by Gasteiger charge is 2.17. The van der Waals surface area contributed by atoms with Crippen LogP contribution in [0.25, 0.3) is 0 Å². The van der Waals surface area contributed by atoms with Gasteiger partial charge in [0.1, 0.15) is 6.54 Å². The van der Waals surface area contributed by atoms with Gasteiger partial charge in [-0.05, 0) is 25.5 Å². The van der Waals surface area contributed by atoms with Gasteiger partial charge in [-0.1, -0.05) is 6.07 Å². The van der Waals surface area contributed by atoms with Crippen molar-refractivity contribution in [3.8, 4) is 0 Å². The van der Waals surface area contributed by atoms with Crippen LogP contribution in [0.4, 0.5) is 0 Å². The van der Waals surface area contributed by atoms with Gasteiger partial charge in [-0.3, -0.25) is 14.6 Å². The second-order valence-electron chi connectivity index (χ2n) is 4.30. The Morgan fingerprint density at radius 2 is 1.89 bits per heavy atom. The van der Waals surface area contributed by atoms with Crippen molar-refractivity contribution in [3.63, 3.8) is 0 Å². The number of carbonyl (C=O) groups excluding carboxylic acids is 2. The van der Waals surface area contributed by atoms with Crippen LogP contribution in [0.1, 0.15) is 26.3 Å². The second-order valence-corrected chi connectivity index (χ2v) is 4.30. The summed E-state index contributed by atoms with van der Waals surface area (Å²) >= 11 is 0. The Kier molecular flexibility index (Phi) is 5.99. The molecule has 5 nitrogen and oxygen atoms in total. The number of hydrogen-bond acceptors (Lipinski definition) is 3. The van der Waals surface area contributed by atoms with Crippen LogP contribution in [-0.4, -0.2) is 46.2 Å². The molecule has 0 saturated heterocycles. The first-order chi connectivity index (χ1) is 9.08. The fourth-order valence-corrected chi connectivity index (χ4v) is 1.83. The summed E-state index contributed by atoms with van der Waals surface area (Å²) in [6, 6.07) is 3.71. The van der Waals surface area contributed by atoms with E-state index < -0.39 is 0 Å². The van der Waals surface area contributed by atoms with Gasteiger partial charge in [0.25, 0.3) is 0 Å². The Balaban J connectivity index is 2.69. The average molecular weight is 263 g/mol. The number of hydrogen-bond donors (Lipinski definition) is 0. The van der Waals surface area contributed by atoms with Crippen molar-refractivity contribution in [3.05, 3.63) is 30.1 Å². The summed E-state index contributed by atoms with van der Waals surface area (Å²) in [6.45, 7) is 7.19. The lowest BCUT2D eigenvalue weighted by Crippen LogP contribution is -2.41. The largest absolute Gasteiger partial charge is 0.342 e. The van der Waals surface area contributed by atoms with Gasteiger partial charge in [0.05, 0.1) is 0 Å². The third-order valence-electron chi connectivity index (χ3n) is 2.98. The van der Waals surface area contributed by atoms with Gasteiger partial charge < -0.3 is 9.80 Å². The van der Waals surface area contributed by atoms with E-state index >= 15 is 0 Å². The van der Waals surface area contributed by atoms with Crippen LogP contribution in [0.2, 0.25) is 0 Å². The first-order valence-electron chi connectivity index (χ1n) is 6.50. The SMILES string of the molecule is CCN(CC)C(=O)CN(Cc1cccnc1)C(C)=O. The summed E-state index contributed by atoms with van der Waals surface area (Å²) in [6.07, 6.45) is 3.39. The van der Waals surface area contributed by atoms with Crippen LogP contribution in [0, 0.1) is 0 Å². The number of nitrogens with zero attached hydrogens (tertiary/aromatic N) is 3. The molecule has 0 spiro atoms. The standard InChI is InChI=1S/C14H21N3O2/c1-4-16(5-2)14(19)11-17(12(3)18)10-13-7-6-8-15-9-13/h6-9H,4-5,10-11H2,1-3H3. The molecule has 2 amide bonds. The normalized spacial score (nSPS) is 10.1. The molecular weight excluding hydrogens is 242 g/mol. The highest BCUT2D eigenvalue weighted by atomic mass is 16.2. The average Bonchev–Trinajstić information content (AvgIpc) is 2.40. The summed E-state index contributed by atoms with van der Waals surface area (Å²) < 4.78 is 0. The maximum Gasteiger partial charge on any atom is 0.242 e. The van der Waals surface area contributed by atoms with Crippen molar-refractivity contribution < 1.29 is 9.59 Å². The highest BCUT2D eigenvalue weighted by molar-refractivity contribution is 5.83. The Labute approximate surface area is 114 Å². The fraction of sp³-hybridized carbons (Fsp3) is 0.500. The molecule has 0 radical (unpaired) electrons.